The molecule has 2 aromatic carbocycles. The zero-order valence-corrected chi connectivity index (χ0v) is 13.5. The summed E-state index contributed by atoms with van der Waals surface area (Å²) in [4.78, 5) is 12.2. The van der Waals surface area contributed by atoms with Crippen molar-refractivity contribution < 1.29 is 14.3 Å². The second-order valence-corrected chi connectivity index (χ2v) is 5.03. The van der Waals surface area contributed by atoms with Gasteiger partial charge in [0, 0.05) is 37.2 Å². The van der Waals surface area contributed by atoms with E-state index in [9.17, 15) is 4.79 Å². The van der Waals surface area contributed by atoms with Crippen LogP contribution in [-0.2, 0) is 4.74 Å². The van der Waals surface area contributed by atoms with Crippen LogP contribution in [0.2, 0.25) is 0 Å². The SMILES string of the molecule is COCCCNc1ccc(NC(=O)c2ccc(OC)cc2)cc1. The predicted octanol–water partition coefficient (Wildman–Crippen LogP) is 3.40. The molecule has 1 amide bonds. The van der Waals surface area contributed by atoms with Crippen molar-refractivity contribution in [2.45, 2.75) is 6.42 Å². The molecule has 0 fully saturated rings. The first-order valence-corrected chi connectivity index (χ1v) is 7.51. The Hall–Kier alpha value is -2.53. The third-order valence-electron chi connectivity index (χ3n) is 3.35. The smallest absolute Gasteiger partial charge is 0.255 e. The lowest BCUT2D eigenvalue weighted by atomic mass is 10.2. The monoisotopic (exact) mass is 314 g/mol. The van der Waals surface area contributed by atoms with Gasteiger partial charge in [0.25, 0.3) is 5.91 Å². The summed E-state index contributed by atoms with van der Waals surface area (Å²) < 4.78 is 10.1. The molecule has 0 bridgehead atoms. The largest absolute Gasteiger partial charge is 0.497 e. The first-order chi connectivity index (χ1) is 11.2. The molecule has 2 aromatic rings. The van der Waals surface area contributed by atoms with Crippen LogP contribution in [0.4, 0.5) is 11.4 Å². The lowest BCUT2D eigenvalue weighted by molar-refractivity contribution is 0.102. The normalized spacial score (nSPS) is 10.2. The van der Waals surface area contributed by atoms with Crippen LogP contribution < -0.4 is 15.4 Å². The third-order valence-corrected chi connectivity index (χ3v) is 3.35. The molecule has 122 valence electrons. The Balaban J connectivity index is 1.88. The van der Waals surface area contributed by atoms with E-state index in [2.05, 4.69) is 10.6 Å². The van der Waals surface area contributed by atoms with E-state index in [1.165, 1.54) is 0 Å². The fourth-order valence-corrected chi connectivity index (χ4v) is 2.07. The van der Waals surface area contributed by atoms with Gasteiger partial charge in [0.05, 0.1) is 7.11 Å². The molecule has 0 aliphatic rings. The van der Waals surface area contributed by atoms with Crippen molar-refractivity contribution in [1.82, 2.24) is 0 Å². The van der Waals surface area contributed by atoms with Crippen molar-refractivity contribution in [2.24, 2.45) is 0 Å². The van der Waals surface area contributed by atoms with E-state index in [0.29, 0.717) is 5.56 Å². The zero-order valence-electron chi connectivity index (χ0n) is 13.5. The number of ether oxygens (including phenoxy) is 2. The molecule has 0 atom stereocenters. The number of amides is 1. The molecular formula is C18H22N2O3. The molecule has 23 heavy (non-hydrogen) atoms. The van der Waals surface area contributed by atoms with Crippen molar-refractivity contribution in [2.75, 3.05) is 38.0 Å². The highest BCUT2D eigenvalue weighted by Gasteiger charge is 2.06. The average Bonchev–Trinajstić information content (AvgIpc) is 2.60. The Kier molecular flexibility index (Phi) is 6.44. The van der Waals surface area contributed by atoms with Gasteiger partial charge in [-0.05, 0) is 55.0 Å². The fraction of sp³-hybridized carbons (Fsp3) is 0.278. The van der Waals surface area contributed by atoms with Crippen LogP contribution in [0.1, 0.15) is 16.8 Å². The molecule has 0 radical (unpaired) electrons. The molecule has 0 spiro atoms. The number of nitrogens with one attached hydrogen (secondary N) is 2. The van der Waals surface area contributed by atoms with Gasteiger partial charge in [-0.25, -0.2) is 0 Å². The summed E-state index contributed by atoms with van der Waals surface area (Å²) in [5, 5.41) is 6.17. The van der Waals surface area contributed by atoms with E-state index >= 15 is 0 Å². The molecule has 0 aromatic heterocycles. The minimum atomic E-state index is -0.145. The quantitative estimate of drug-likeness (QED) is 0.733. The van der Waals surface area contributed by atoms with E-state index in [4.69, 9.17) is 9.47 Å². The van der Waals surface area contributed by atoms with Crippen LogP contribution in [0.15, 0.2) is 48.5 Å². The minimum Gasteiger partial charge on any atom is -0.497 e. The molecule has 0 saturated heterocycles. The zero-order chi connectivity index (χ0) is 16.5. The molecule has 5 heteroatoms. The van der Waals surface area contributed by atoms with E-state index in [-0.39, 0.29) is 5.91 Å². The highest BCUT2D eigenvalue weighted by Crippen LogP contribution is 2.16. The van der Waals surface area contributed by atoms with Gasteiger partial charge in [0.1, 0.15) is 5.75 Å². The lowest BCUT2D eigenvalue weighted by Crippen LogP contribution is -2.11. The number of carbonyl (C=O) groups is 1. The number of anilines is 2. The number of rotatable bonds is 8. The third kappa shape index (κ3) is 5.30. The van der Waals surface area contributed by atoms with Crippen LogP contribution in [0, 0.1) is 0 Å². The summed E-state index contributed by atoms with van der Waals surface area (Å²) in [5.74, 6) is 0.582. The van der Waals surface area contributed by atoms with Crippen molar-refractivity contribution in [3.8, 4) is 5.75 Å². The summed E-state index contributed by atoms with van der Waals surface area (Å²) in [6, 6.07) is 14.6. The second kappa shape index (κ2) is 8.80. The molecule has 0 unspecified atom stereocenters. The molecular weight excluding hydrogens is 292 g/mol. The van der Waals surface area contributed by atoms with Crippen LogP contribution in [0.5, 0.6) is 5.75 Å². The Labute approximate surface area is 136 Å². The van der Waals surface area contributed by atoms with Crippen molar-refractivity contribution in [3.63, 3.8) is 0 Å². The van der Waals surface area contributed by atoms with E-state index in [1.807, 2.05) is 24.3 Å². The number of hydrogen-bond acceptors (Lipinski definition) is 4. The standard InChI is InChI=1S/C18H22N2O3/c1-22-13-3-12-19-15-6-8-16(9-7-15)20-18(21)14-4-10-17(23-2)11-5-14/h4-11,19H,3,12-13H2,1-2H3,(H,20,21). The van der Waals surface area contributed by atoms with Crippen LogP contribution in [0.25, 0.3) is 0 Å². The van der Waals surface area contributed by atoms with Gasteiger partial charge >= 0.3 is 0 Å². The molecule has 0 heterocycles. The summed E-state index contributed by atoms with van der Waals surface area (Å²) >= 11 is 0. The van der Waals surface area contributed by atoms with Crippen molar-refractivity contribution in [3.05, 3.63) is 54.1 Å². The summed E-state index contributed by atoms with van der Waals surface area (Å²) in [6.45, 7) is 1.59. The van der Waals surface area contributed by atoms with Gasteiger partial charge in [-0.2, -0.15) is 0 Å². The van der Waals surface area contributed by atoms with E-state index in [0.717, 1.165) is 36.7 Å². The van der Waals surface area contributed by atoms with Crippen LogP contribution >= 0.6 is 0 Å². The van der Waals surface area contributed by atoms with Gasteiger partial charge in [-0.15, -0.1) is 0 Å². The number of carbonyl (C=O) groups excluding carboxylic acids is 1. The van der Waals surface area contributed by atoms with Gasteiger partial charge in [0.2, 0.25) is 0 Å². The molecule has 2 N–H and O–H groups in total. The van der Waals surface area contributed by atoms with Gasteiger partial charge < -0.3 is 20.1 Å². The van der Waals surface area contributed by atoms with Crippen LogP contribution in [0.3, 0.4) is 0 Å². The number of methoxy groups -OCH3 is 2. The number of benzene rings is 2. The van der Waals surface area contributed by atoms with Crippen molar-refractivity contribution in [1.29, 1.82) is 0 Å². The maximum atomic E-state index is 12.2. The van der Waals surface area contributed by atoms with E-state index in [1.54, 1.807) is 38.5 Å². The Morgan fingerprint density at radius 2 is 1.61 bits per heavy atom. The fourth-order valence-electron chi connectivity index (χ4n) is 2.07. The average molecular weight is 314 g/mol. The Morgan fingerprint density at radius 3 is 2.22 bits per heavy atom. The molecule has 2 rings (SSSR count). The van der Waals surface area contributed by atoms with Gasteiger partial charge in [-0.1, -0.05) is 0 Å². The summed E-state index contributed by atoms with van der Waals surface area (Å²) in [6.07, 6.45) is 0.951. The summed E-state index contributed by atoms with van der Waals surface area (Å²) in [7, 11) is 3.29. The maximum absolute atomic E-state index is 12.2. The van der Waals surface area contributed by atoms with E-state index < -0.39 is 0 Å². The molecule has 0 saturated carbocycles. The molecule has 0 aliphatic heterocycles. The first-order valence-electron chi connectivity index (χ1n) is 7.51. The predicted molar refractivity (Wildman–Crippen MR) is 92.4 cm³/mol. The van der Waals surface area contributed by atoms with Gasteiger partial charge in [-0.3, -0.25) is 4.79 Å². The highest BCUT2D eigenvalue weighted by atomic mass is 16.5. The van der Waals surface area contributed by atoms with Crippen LogP contribution in [-0.4, -0.2) is 33.3 Å². The topological polar surface area (TPSA) is 59.6 Å². The molecule has 0 aliphatic carbocycles. The second-order valence-electron chi connectivity index (χ2n) is 5.03. The number of hydrogen-bond donors (Lipinski definition) is 2. The summed E-state index contributed by atoms with van der Waals surface area (Å²) in [5.41, 5.74) is 2.37. The maximum Gasteiger partial charge on any atom is 0.255 e. The highest BCUT2D eigenvalue weighted by molar-refractivity contribution is 6.04. The van der Waals surface area contributed by atoms with Gasteiger partial charge in [0.15, 0.2) is 0 Å². The minimum absolute atomic E-state index is 0.145. The lowest BCUT2D eigenvalue weighted by Gasteiger charge is -2.09. The first kappa shape index (κ1) is 16.8. The van der Waals surface area contributed by atoms with Crippen molar-refractivity contribution >= 4 is 17.3 Å². The molecule has 5 nitrogen and oxygen atoms in total. The Bertz CT molecular complexity index is 609. The Morgan fingerprint density at radius 1 is 0.957 bits per heavy atom.